The molecule has 0 saturated carbocycles. The molecule has 1 amide bonds. The molecule has 0 unspecified atom stereocenters. The van der Waals surface area contributed by atoms with E-state index in [9.17, 15) is 22.0 Å². The smallest absolute Gasteiger partial charge is 0.262 e. The Morgan fingerprint density at radius 3 is 2.41 bits per heavy atom. The van der Waals surface area contributed by atoms with Crippen LogP contribution >= 0.6 is 35.0 Å². The summed E-state index contributed by atoms with van der Waals surface area (Å²) in [6, 6.07) is 12.1. The van der Waals surface area contributed by atoms with Gasteiger partial charge >= 0.3 is 0 Å². The Balaban J connectivity index is 1.63. The highest BCUT2D eigenvalue weighted by molar-refractivity contribution is 8.04. The third-order valence-electron chi connectivity index (χ3n) is 4.65. The zero-order chi connectivity index (χ0) is 23.0. The topological polar surface area (TPSA) is 63.2 Å². The van der Waals surface area contributed by atoms with Crippen LogP contribution in [0, 0.1) is 11.6 Å². The first-order valence-electron chi connectivity index (χ1n) is 9.10. The Labute approximate surface area is 197 Å². The lowest BCUT2D eigenvalue weighted by Crippen LogP contribution is -2.18. The van der Waals surface area contributed by atoms with Crippen LogP contribution in [0.4, 0.5) is 14.5 Å². The number of halogens is 4. The van der Waals surface area contributed by atoms with Crippen molar-refractivity contribution in [2.75, 3.05) is 5.32 Å². The first-order chi connectivity index (χ1) is 15.1. The van der Waals surface area contributed by atoms with Crippen LogP contribution in [-0.2, 0) is 20.4 Å². The van der Waals surface area contributed by atoms with Gasteiger partial charge in [-0.05, 0) is 48.5 Å². The molecular weight excluding hydrogens is 499 g/mol. The minimum absolute atomic E-state index is 0.00912. The van der Waals surface area contributed by atoms with E-state index in [0.29, 0.717) is 16.1 Å². The van der Waals surface area contributed by atoms with Crippen molar-refractivity contribution in [2.24, 2.45) is 0 Å². The molecule has 4 nitrogen and oxygen atoms in total. The van der Waals surface area contributed by atoms with Crippen LogP contribution < -0.4 is 5.32 Å². The summed E-state index contributed by atoms with van der Waals surface area (Å²) in [6.07, 6.45) is 1.31. The number of benzene rings is 3. The molecular formula is C22H13Cl2F2NO3S2. The van der Waals surface area contributed by atoms with Gasteiger partial charge in [-0.3, -0.25) is 4.79 Å². The van der Waals surface area contributed by atoms with Gasteiger partial charge in [0.2, 0.25) is 0 Å². The van der Waals surface area contributed by atoms with Crippen LogP contribution in [0.15, 0.2) is 69.3 Å². The molecule has 0 aliphatic carbocycles. The molecule has 32 heavy (non-hydrogen) atoms. The second kappa shape index (κ2) is 8.86. The number of sulfone groups is 1. The van der Waals surface area contributed by atoms with Crippen molar-refractivity contribution in [3.8, 4) is 0 Å². The normalized spacial score (nSPS) is 14.9. The summed E-state index contributed by atoms with van der Waals surface area (Å²) in [6.45, 7) is 0. The van der Waals surface area contributed by atoms with E-state index in [1.807, 2.05) is 0 Å². The molecule has 0 aromatic heterocycles. The Hall–Kier alpha value is -2.39. The van der Waals surface area contributed by atoms with Crippen molar-refractivity contribution in [1.29, 1.82) is 0 Å². The molecule has 3 aromatic rings. The Kier molecular flexibility index (Phi) is 6.31. The standard InChI is InChI=1S/C22H13Cl2F2NO3S2/c23-16-2-1-3-17(24)15(16)11-32(29,30)14-6-7-20-19(10-14)27-22(28)21(31-20)8-12-4-5-13(25)9-18(12)26/h1-10H,11H2,(H,27,28)/b21-8+. The summed E-state index contributed by atoms with van der Waals surface area (Å²) in [4.78, 5) is 13.2. The van der Waals surface area contributed by atoms with Crippen LogP contribution in [0.3, 0.4) is 0 Å². The average molecular weight is 512 g/mol. The molecule has 0 bridgehead atoms. The predicted octanol–water partition coefficient (Wildman–Crippen LogP) is 6.33. The highest BCUT2D eigenvalue weighted by atomic mass is 35.5. The summed E-state index contributed by atoms with van der Waals surface area (Å²) in [5.74, 6) is -2.45. The number of fused-ring (bicyclic) bond motifs is 1. The number of carbonyl (C=O) groups is 1. The fraction of sp³-hybridized carbons (Fsp3) is 0.0455. The van der Waals surface area contributed by atoms with Crippen molar-refractivity contribution in [3.63, 3.8) is 0 Å². The molecule has 3 aromatic carbocycles. The molecule has 10 heteroatoms. The number of rotatable bonds is 4. The lowest BCUT2D eigenvalue weighted by Gasteiger charge is -2.19. The van der Waals surface area contributed by atoms with Crippen LogP contribution in [0.25, 0.3) is 6.08 Å². The van der Waals surface area contributed by atoms with Crippen molar-refractivity contribution in [3.05, 3.63) is 92.3 Å². The third-order valence-corrected chi connectivity index (χ3v) is 8.10. The summed E-state index contributed by atoms with van der Waals surface area (Å²) in [7, 11) is -3.81. The van der Waals surface area contributed by atoms with Crippen LogP contribution in [-0.4, -0.2) is 14.3 Å². The van der Waals surface area contributed by atoms with E-state index in [2.05, 4.69) is 5.32 Å². The maximum atomic E-state index is 13.9. The number of carbonyl (C=O) groups excluding carboxylic acids is 1. The quantitative estimate of drug-likeness (QED) is 0.415. The highest BCUT2D eigenvalue weighted by Gasteiger charge is 2.25. The first kappa shape index (κ1) is 22.8. The molecule has 4 rings (SSSR count). The molecule has 0 atom stereocenters. The summed E-state index contributed by atoms with van der Waals surface area (Å²) < 4.78 is 52.9. The van der Waals surface area contributed by atoms with Crippen LogP contribution in [0.5, 0.6) is 0 Å². The van der Waals surface area contributed by atoms with Crippen molar-refractivity contribution in [1.82, 2.24) is 0 Å². The van der Waals surface area contributed by atoms with Crippen molar-refractivity contribution in [2.45, 2.75) is 15.5 Å². The molecule has 0 radical (unpaired) electrons. The maximum Gasteiger partial charge on any atom is 0.262 e. The van der Waals surface area contributed by atoms with Gasteiger partial charge < -0.3 is 5.32 Å². The molecule has 0 saturated heterocycles. The fourth-order valence-corrected chi connectivity index (χ4v) is 6.08. The van der Waals surface area contributed by atoms with Gasteiger partial charge in [0.15, 0.2) is 9.84 Å². The van der Waals surface area contributed by atoms with E-state index < -0.39 is 33.1 Å². The average Bonchev–Trinajstić information content (AvgIpc) is 2.73. The second-order valence-electron chi connectivity index (χ2n) is 6.85. The van der Waals surface area contributed by atoms with Gasteiger partial charge in [0, 0.05) is 32.1 Å². The van der Waals surface area contributed by atoms with E-state index in [0.717, 1.165) is 23.9 Å². The van der Waals surface area contributed by atoms with Gasteiger partial charge in [-0.15, -0.1) is 0 Å². The van der Waals surface area contributed by atoms with Gasteiger partial charge in [-0.1, -0.05) is 41.0 Å². The van der Waals surface area contributed by atoms with Gasteiger partial charge in [0.25, 0.3) is 5.91 Å². The summed E-state index contributed by atoms with van der Waals surface area (Å²) in [5.41, 5.74) is 0.657. The fourth-order valence-electron chi connectivity index (χ4n) is 3.04. The van der Waals surface area contributed by atoms with Gasteiger partial charge in [-0.2, -0.15) is 0 Å². The van der Waals surface area contributed by atoms with Crippen LogP contribution in [0.1, 0.15) is 11.1 Å². The van der Waals surface area contributed by atoms with Gasteiger partial charge in [-0.25, -0.2) is 17.2 Å². The predicted molar refractivity (Wildman–Crippen MR) is 123 cm³/mol. The number of nitrogens with one attached hydrogen (secondary N) is 1. The second-order valence-corrected chi connectivity index (χ2v) is 10.7. The van der Waals surface area contributed by atoms with E-state index in [1.54, 1.807) is 24.3 Å². The van der Waals surface area contributed by atoms with Gasteiger partial charge in [0.05, 0.1) is 21.2 Å². The number of thioether (sulfide) groups is 1. The first-order valence-corrected chi connectivity index (χ1v) is 12.3. The summed E-state index contributed by atoms with van der Waals surface area (Å²) in [5, 5.41) is 3.10. The monoisotopic (exact) mass is 511 g/mol. The molecule has 0 spiro atoms. The largest absolute Gasteiger partial charge is 0.320 e. The van der Waals surface area contributed by atoms with E-state index in [1.165, 1.54) is 24.3 Å². The van der Waals surface area contributed by atoms with Crippen LogP contribution in [0.2, 0.25) is 10.0 Å². The minimum atomic E-state index is -3.81. The summed E-state index contributed by atoms with van der Waals surface area (Å²) >= 11 is 13.2. The Bertz CT molecular complexity index is 1370. The van der Waals surface area contributed by atoms with E-state index in [-0.39, 0.29) is 25.4 Å². The SMILES string of the molecule is O=C1Nc2cc(S(=O)(=O)Cc3c(Cl)cccc3Cl)ccc2S/C1=C/c1ccc(F)cc1F. The Morgan fingerprint density at radius 1 is 1.00 bits per heavy atom. The van der Waals surface area contributed by atoms with Crippen molar-refractivity contribution < 1.29 is 22.0 Å². The van der Waals surface area contributed by atoms with Gasteiger partial charge in [0.1, 0.15) is 11.6 Å². The minimum Gasteiger partial charge on any atom is -0.320 e. The third kappa shape index (κ3) is 4.68. The van der Waals surface area contributed by atoms with E-state index in [4.69, 9.17) is 23.2 Å². The molecule has 164 valence electrons. The lowest BCUT2D eigenvalue weighted by atomic mass is 10.2. The molecule has 1 heterocycles. The number of amides is 1. The van der Waals surface area contributed by atoms with E-state index >= 15 is 0 Å². The van der Waals surface area contributed by atoms with Crippen molar-refractivity contribution >= 4 is 62.5 Å². The zero-order valence-corrected chi connectivity index (χ0v) is 19.2. The molecule has 0 fully saturated rings. The molecule has 1 aliphatic rings. The molecule has 1 aliphatic heterocycles. The zero-order valence-electron chi connectivity index (χ0n) is 16.0. The molecule has 1 N–H and O–H groups in total. The Morgan fingerprint density at radius 2 is 1.72 bits per heavy atom. The lowest BCUT2D eigenvalue weighted by molar-refractivity contribution is -0.112. The highest BCUT2D eigenvalue weighted by Crippen LogP contribution is 2.40. The number of anilines is 1. The number of hydrogen-bond donors (Lipinski definition) is 1. The maximum absolute atomic E-state index is 13.9. The number of hydrogen-bond acceptors (Lipinski definition) is 4.